The van der Waals surface area contributed by atoms with Gasteiger partial charge in [0.1, 0.15) is 11.6 Å². The Kier molecular flexibility index (Phi) is 4.01. The summed E-state index contributed by atoms with van der Waals surface area (Å²) >= 11 is 0. The highest BCUT2D eigenvalue weighted by Gasteiger charge is 2.05. The van der Waals surface area contributed by atoms with E-state index in [1.807, 2.05) is 54.4 Å². The minimum absolute atomic E-state index is 0.251. The van der Waals surface area contributed by atoms with Gasteiger partial charge in [-0.25, -0.2) is 9.37 Å². The molecule has 4 heteroatoms. The second kappa shape index (κ2) is 6.26. The smallest absolute Gasteiger partial charge is 0.219 e. The number of rotatable bonds is 4. The standard InChI is InChI=1S/C18H15FN2O/c1-21(16-6-4-5-14(19)13-16)15-8-10-17(11-9-15)22-18-7-2-3-12-20-18/h2-13H,1H3. The molecule has 1 aromatic heterocycles. The summed E-state index contributed by atoms with van der Waals surface area (Å²) in [5, 5.41) is 0. The summed E-state index contributed by atoms with van der Waals surface area (Å²) in [6.45, 7) is 0. The molecule has 0 atom stereocenters. The lowest BCUT2D eigenvalue weighted by Gasteiger charge is -2.19. The Morgan fingerprint density at radius 3 is 2.41 bits per heavy atom. The van der Waals surface area contributed by atoms with Crippen molar-refractivity contribution in [3.63, 3.8) is 0 Å². The predicted octanol–water partition coefficient (Wildman–Crippen LogP) is 4.78. The van der Waals surface area contributed by atoms with Crippen molar-refractivity contribution < 1.29 is 9.13 Å². The average Bonchev–Trinajstić information content (AvgIpc) is 2.56. The van der Waals surface area contributed by atoms with Crippen LogP contribution >= 0.6 is 0 Å². The van der Waals surface area contributed by atoms with Crippen LogP contribution in [0.2, 0.25) is 0 Å². The molecule has 0 aliphatic rings. The molecule has 3 aromatic rings. The minimum atomic E-state index is -0.251. The Balaban J connectivity index is 1.76. The molecule has 1 heterocycles. The van der Waals surface area contributed by atoms with Crippen LogP contribution in [0.4, 0.5) is 15.8 Å². The van der Waals surface area contributed by atoms with Gasteiger partial charge in [0.05, 0.1) is 0 Å². The minimum Gasteiger partial charge on any atom is -0.439 e. The monoisotopic (exact) mass is 294 g/mol. The number of nitrogens with zero attached hydrogens (tertiary/aromatic N) is 2. The van der Waals surface area contributed by atoms with E-state index in [9.17, 15) is 4.39 Å². The molecule has 0 fully saturated rings. The zero-order valence-corrected chi connectivity index (χ0v) is 12.1. The molecule has 3 nitrogen and oxygen atoms in total. The summed E-state index contributed by atoms with van der Waals surface area (Å²) in [6.07, 6.45) is 1.68. The number of benzene rings is 2. The maximum atomic E-state index is 13.3. The van der Waals surface area contributed by atoms with Gasteiger partial charge in [-0.1, -0.05) is 12.1 Å². The Morgan fingerprint density at radius 1 is 0.909 bits per heavy atom. The molecule has 3 rings (SSSR count). The van der Waals surface area contributed by atoms with Gasteiger partial charge in [-0.3, -0.25) is 0 Å². The summed E-state index contributed by atoms with van der Waals surface area (Å²) in [5.74, 6) is 1.00. The largest absolute Gasteiger partial charge is 0.439 e. The van der Waals surface area contributed by atoms with Crippen LogP contribution in [0.25, 0.3) is 0 Å². The molecule has 0 aliphatic carbocycles. The first-order chi connectivity index (χ1) is 10.7. The van der Waals surface area contributed by atoms with E-state index in [0.29, 0.717) is 11.6 Å². The molecule has 0 saturated heterocycles. The Labute approximate surface area is 128 Å². The van der Waals surface area contributed by atoms with Crippen LogP contribution in [0.15, 0.2) is 72.9 Å². The molecule has 22 heavy (non-hydrogen) atoms. The molecule has 0 amide bonds. The van der Waals surface area contributed by atoms with Gasteiger partial charge in [0, 0.05) is 30.7 Å². The van der Waals surface area contributed by atoms with Crippen molar-refractivity contribution in [2.24, 2.45) is 0 Å². The maximum Gasteiger partial charge on any atom is 0.219 e. The zero-order chi connectivity index (χ0) is 15.4. The molecule has 2 aromatic carbocycles. The van der Waals surface area contributed by atoms with Crippen molar-refractivity contribution in [3.05, 3.63) is 78.7 Å². The van der Waals surface area contributed by atoms with Crippen LogP contribution in [0, 0.1) is 5.82 Å². The highest BCUT2D eigenvalue weighted by molar-refractivity contribution is 5.63. The van der Waals surface area contributed by atoms with Gasteiger partial charge in [0.2, 0.25) is 5.88 Å². The third-order valence-corrected chi connectivity index (χ3v) is 3.28. The normalized spacial score (nSPS) is 10.3. The lowest BCUT2D eigenvalue weighted by atomic mass is 10.2. The van der Waals surface area contributed by atoms with Crippen molar-refractivity contribution in [1.82, 2.24) is 4.98 Å². The zero-order valence-electron chi connectivity index (χ0n) is 12.1. The molecule has 0 radical (unpaired) electrons. The molecule has 0 bridgehead atoms. The number of anilines is 2. The van der Waals surface area contributed by atoms with Crippen LogP contribution in [-0.2, 0) is 0 Å². The fourth-order valence-electron chi connectivity index (χ4n) is 2.10. The summed E-state index contributed by atoms with van der Waals surface area (Å²) in [6, 6.07) is 19.6. The number of hydrogen-bond donors (Lipinski definition) is 0. The lowest BCUT2D eigenvalue weighted by molar-refractivity contribution is 0.463. The Hall–Kier alpha value is -2.88. The van der Waals surface area contributed by atoms with E-state index in [0.717, 1.165) is 11.4 Å². The van der Waals surface area contributed by atoms with E-state index in [1.54, 1.807) is 18.3 Å². The summed E-state index contributed by atoms with van der Waals surface area (Å²) in [5.41, 5.74) is 1.73. The highest BCUT2D eigenvalue weighted by atomic mass is 19.1. The molecule has 0 N–H and O–H groups in total. The van der Waals surface area contributed by atoms with E-state index in [4.69, 9.17) is 4.74 Å². The van der Waals surface area contributed by atoms with Crippen LogP contribution in [0.5, 0.6) is 11.6 Å². The highest BCUT2D eigenvalue weighted by Crippen LogP contribution is 2.27. The quantitative estimate of drug-likeness (QED) is 0.692. The maximum absolute atomic E-state index is 13.3. The third kappa shape index (κ3) is 3.23. The predicted molar refractivity (Wildman–Crippen MR) is 85.2 cm³/mol. The van der Waals surface area contributed by atoms with E-state index in [-0.39, 0.29) is 5.82 Å². The van der Waals surface area contributed by atoms with E-state index in [2.05, 4.69) is 4.98 Å². The lowest BCUT2D eigenvalue weighted by Crippen LogP contribution is -2.09. The van der Waals surface area contributed by atoms with E-state index >= 15 is 0 Å². The number of ether oxygens (including phenoxy) is 1. The number of hydrogen-bond acceptors (Lipinski definition) is 3. The first-order valence-electron chi connectivity index (χ1n) is 6.90. The van der Waals surface area contributed by atoms with Gasteiger partial charge >= 0.3 is 0 Å². The van der Waals surface area contributed by atoms with Gasteiger partial charge in [-0.2, -0.15) is 0 Å². The van der Waals surface area contributed by atoms with Crippen LogP contribution in [-0.4, -0.2) is 12.0 Å². The number of aromatic nitrogens is 1. The molecular formula is C18H15FN2O. The molecule has 0 spiro atoms. The second-order valence-corrected chi connectivity index (χ2v) is 4.80. The summed E-state index contributed by atoms with van der Waals surface area (Å²) in [4.78, 5) is 6.02. The molecule has 0 unspecified atom stereocenters. The third-order valence-electron chi connectivity index (χ3n) is 3.28. The first-order valence-corrected chi connectivity index (χ1v) is 6.90. The van der Waals surface area contributed by atoms with E-state index in [1.165, 1.54) is 12.1 Å². The fraction of sp³-hybridized carbons (Fsp3) is 0.0556. The number of halogens is 1. The Bertz CT molecular complexity index is 745. The fourth-order valence-corrected chi connectivity index (χ4v) is 2.10. The van der Waals surface area contributed by atoms with Crippen molar-refractivity contribution in [1.29, 1.82) is 0 Å². The molecule has 110 valence electrons. The topological polar surface area (TPSA) is 25.4 Å². The van der Waals surface area contributed by atoms with Crippen molar-refractivity contribution in [3.8, 4) is 11.6 Å². The van der Waals surface area contributed by atoms with Crippen LogP contribution in [0.1, 0.15) is 0 Å². The molecule has 0 aliphatic heterocycles. The average molecular weight is 294 g/mol. The van der Waals surface area contributed by atoms with Gasteiger partial charge < -0.3 is 9.64 Å². The van der Waals surface area contributed by atoms with Crippen LogP contribution in [0.3, 0.4) is 0 Å². The first kappa shape index (κ1) is 14.1. The van der Waals surface area contributed by atoms with E-state index < -0.39 is 0 Å². The SMILES string of the molecule is CN(c1ccc(Oc2ccccn2)cc1)c1cccc(F)c1. The Morgan fingerprint density at radius 2 is 1.73 bits per heavy atom. The van der Waals surface area contributed by atoms with Crippen molar-refractivity contribution in [2.75, 3.05) is 11.9 Å². The van der Waals surface area contributed by atoms with Gasteiger partial charge in [-0.05, 0) is 48.5 Å². The van der Waals surface area contributed by atoms with Gasteiger partial charge in [0.25, 0.3) is 0 Å². The van der Waals surface area contributed by atoms with Gasteiger partial charge in [-0.15, -0.1) is 0 Å². The van der Waals surface area contributed by atoms with Gasteiger partial charge in [0.15, 0.2) is 0 Å². The summed E-state index contributed by atoms with van der Waals surface area (Å²) in [7, 11) is 1.89. The van der Waals surface area contributed by atoms with Crippen LogP contribution < -0.4 is 9.64 Å². The number of pyridine rings is 1. The van der Waals surface area contributed by atoms with Crippen molar-refractivity contribution >= 4 is 11.4 Å². The van der Waals surface area contributed by atoms with Crippen molar-refractivity contribution in [2.45, 2.75) is 0 Å². The second-order valence-electron chi connectivity index (χ2n) is 4.80. The molecule has 0 saturated carbocycles. The molecular weight excluding hydrogens is 279 g/mol. The summed E-state index contributed by atoms with van der Waals surface area (Å²) < 4.78 is 18.9.